The molecule has 0 atom stereocenters. The van der Waals surface area contributed by atoms with E-state index in [1.165, 1.54) is 0 Å². The van der Waals surface area contributed by atoms with Crippen molar-refractivity contribution < 1.29 is 22.8 Å². The molecule has 3 nitrogen and oxygen atoms in total. The van der Waals surface area contributed by atoms with Crippen molar-refractivity contribution in [1.29, 1.82) is 0 Å². The number of alkyl halides is 3. The van der Waals surface area contributed by atoms with Crippen LogP contribution in [0.5, 0.6) is 0 Å². The summed E-state index contributed by atoms with van der Waals surface area (Å²) in [4.78, 5) is 24.5. The zero-order valence-corrected chi connectivity index (χ0v) is 13.1. The fourth-order valence-electron chi connectivity index (χ4n) is 2.22. The van der Waals surface area contributed by atoms with Gasteiger partial charge in [0.2, 0.25) is 11.8 Å². The molecule has 0 saturated carbocycles. The van der Waals surface area contributed by atoms with E-state index in [-0.39, 0.29) is 24.7 Å². The van der Waals surface area contributed by atoms with E-state index in [1.807, 2.05) is 0 Å². The largest absolute Gasteiger partial charge is 0.416 e. The molecule has 1 aromatic rings. The number of carbonyl (C=O) groups is 2. The second kappa shape index (κ2) is 7.67. The fourth-order valence-corrected chi connectivity index (χ4v) is 2.22. The maximum absolute atomic E-state index is 12.7. The monoisotopic (exact) mass is 345 g/mol. The molecule has 0 unspecified atom stereocenters. The van der Waals surface area contributed by atoms with E-state index >= 15 is 0 Å². The summed E-state index contributed by atoms with van der Waals surface area (Å²) >= 11 is 0. The van der Waals surface area contributed by atoms with Gasteiger partial charge in [0.1, 0.15) is 0 Å². The third-order valence-electron chi connectivity index (χ3n) is 3.34. The second-order valence-electron chi connectivity index (χ2n) is 5.13. The average molecular weight is 345 g/mol. The van der Waals surface area contributed by atoms with Crippen molar-refractivity contribution in [3.8, 4) is 11.8 Å². The first kappa shape index (κ1) is 18.3. The number of hydrogen-bond acceptors (Lipinski definition) is 2. The lowest BCUT2D eigenvalue weighted by molar-refractivity contribution is -0.121. The van der Waals surface area contributed by atoms with Crippen LogP contribution in [0.3, 0.4) is 0 Å². The highest BCUT2D eigenvalue weighted by Gasteiger charge is 2.31. The Kier molecular flexibility index (Phi) is 5.60. The quantitative estimate of drug-likeness (QED) is 0.473. The van der Waals surface area contributed by atoms with E-state index in [0.717, 1.165) is 29.2 Å². The molecular formula is C19H14F3NO2. The number of benzene rings is 1. The van der Waals surface area contributed by atoms with Gasteiger partial charge in [-0.25, -0.2) is 0 Å². The van der Waals surface area contributed by atoms with Gasteiger partial charge in [-0.1, -0.05) is 36.6 Å². The number of amides is 2. The third kappa shape index (κ3) is 4.70. The molecule has 1 aliphatic heterocycles. The molecule has 0 bridgehead atoms. The summed E-state index contributed by atoms with van der Waals surface area (Å²) < 4.78 is 38.0. The highest BCUT2D eigenvalue weighted by Crippen LogP contribution is 2.26. The number of halogens is 3. The molecule has 2 amide bonds. The Morgan fingerprint density at radius 2 is 1.88 bits per heavy atom. The van der Waals surface area contributed by atoms with Crippen LogP contribution < -0.4 is 4.90 Å². The summed E-state index contributed by atoms with van der Waals surface area (Å²) in [6.07, 6.45) is -0.297. The molecule has 128 valence electrons. The minimum absolute atomic E-state index is 0.174. The normalized spacial score (nSPS) is 15.5. The van der Waals surface area contributed by atoms with Crippen LogP contribution in [-0.2, 0) is 9.59 Å². The highest BCUT2D eigenvalue weighted by molar-refractivity contribution is 6.19. The first-order valence-corrected chi connectivity index (χ1v) is 7.37. The molecule has 1 saturated heterocycles. The Hall–Kier alpha value is -3.07. The van der Waals surface area contributed by atoms with Crippen LogP contribution in [0.25, 0.3) is 0 Å². The van der Waals surface area contributed by atoms with Gasteiger partial charge >= 0.3 is 6.18 Å². The van der Waals surface area contributed by atoms with Gasteiger partial charge in [-0.2, -0.15) is 13.2 Å². The minimum Gasteiger partial charge on any atom is -0.274 e. The van der Waals surface area contributed by atoms with E-state index in [9.17, 15) is 22.8 Å². The lowest BCUT2D eigenvalue weighted by Crippen LogP contribution is -2.28. The summed E-state index contributed by atoms with van der Waals surface area (Å²) in [6.45, 7) is 3.24. The average Bonchev–Trinajstić information content (AvgIpc) is 2.88. The van der Waals surface area contributed by atoms with Gasteiger partial charge in [0, 0.05) is 18.4 Å². The third-order valence-corrected chi connectivity index (χ3v) is 3.34. The van der Waals surface area contributed by atoms with Crippen LogP contribution in [0.2, 0.25) is 0 Å². The summed E-state index contributed by atoms with van der Waals surface area (Å²) in [6, 6.07) is 6.42. The van der Waals surface area contributed by atoms with Gasteiger partial charge < -0.3 is 0 Å². The maximum Gasteiger partial charge on any atom is 0.416 e. The Balaban J connectivity index is 2.19. The van der Waals surface area contributed by atoms with Crippen molar-refractivity contribution in [3.63, 3.8) is 0 Å². The second-order valence-corrected chi connectivity index (χ2v) is 5.13. The summed E-state index contributed by atoms with van der Waals surface area (Å²) in [5, 5.41) is 0. The molecule has 0 spiro atoms. The topological polar surface area (TPSA) is 37.4 Å². The van der Waals surface area contributed by atoms with Crippen LogP contribution in [0.1, 0.15) is 18.4 Å². The van der Waals surface area contributed by atoms with Crippen LogP contribution in [0, 0.1) is 11.8 Å². The van der Waals surface area contributed by atoms with Crippen molar-refractivity contribution in [1.82, 2.24) is 0 Å². The number of carbonyl (C=O) groups excluding carboxylic acids is 2. The summed E-state index contributed by atoms with van der Waals surface area (Å²) in [5.74, 6) is 4.63. The van der Waals surface area contributed by atoms with Crippen molar-refractivity contribution >= 4 is 17.5 Å². The molecule has 1 heterocycles. The van der Waals surface area contributed by atoms with Gasteiger partial charge in [0.05, 0.1) is 11.3 Å². The Morgan fingerprint density at radius 1 is 1.20 bits per heavy atom. The zero-order chi connectivity index (χ0) is 18.4. The molecule has 1 aromatic carbocycles. The van der Waals surface area contributed by atoms with E-state index in [0.29, 0.717) is 11.3 Å². The van der Waals surface area contributed by atoms with E-state index < -0.39 is 11.7 Å². The first-order chi connectivity index (χ1) is 11.8. The number of allylic oxidation sites excluding steroid dienone is 5. The van der Waals surface area contributed by atoms with Gasteiger partial charge in [-0.05, 0) is 30.4 Å². The Bertz CT molecular complexity index is 807. The fraction of sp³-hybridized carbons (Fsp3) is 0.158. The van der Waals surface area contributed by atoms with Crippen LogP contribution >= 0.6 is 0 Å². The molecular weight excluding hydrogens is 331 g/mol. The van der Waals surface area contributed by atoms with Crippen molar-refractivity contribution in [2.45, 2.75) is 19.0 Å². The predicted octanol–water partition coefficient (Wildman–Crippen LogP) is 3.92. The first-order valence-electron chi connectivity index (χ1n) is 7.37. The van der Waals surface area contributed by atoms with Crippen LogP contribution in [-0.4, -0.2) is 18.0 Å². The Morgan fingerprint density at radius 3 is 2.48 bits per heavy atom. The number of hydrogen-bond donors (Lipinski definition) is 0. The van der Waals surface area contributed by atoms with Crippen molar-refractivity contribution in [3.05, 3.63) is 66.3 Å². The van der Waals surface area contributed by atoms with E-state index in [4.69, 9.17) is 0 Å². The van der Waals surface area contributed by atoms with E-state index in [2.05, 4.69) is 18.4 Å². The number of nitrogens with zero attached hydrogens (tertiary/aromatic N) is 1. The van der Waals surface area contributed by atoms with Gasteiger partial charge in [0.15, 0.2) is 0 Å². The molecule has 0 aliphatic carbocycles. The smallest absolute Gasteiger partial charge is 0.274 e. The van der Waals surface area contributed by atoms with Gasteiger partial charge in [0.25, 0.3) is 0 Å². The molecule has 2 rings (SSSR count). The maximum atomic E-state index is 12.7. The van der Waals surface area contributed by atoms with Crippen molar-refractivity contribution in [2.24, 2.45) is 0 Å². The SMILES string of the molecule is C=C/C=C(\C=C\C#Cc1cccc(N2C(=O)CCC2=O)c1)C(F)(F)F. The zero-order valence-electron chi connectivity index (χ0n) is 13.1. The number of anilines is 1. The van der Waals surface area contributed by atoms with Gasteiger partial charge in [-0.15, -0.1) is 0 Å². The molecule has 1 fully saturated rings. The van der Waals surface area contributed by atoms with Crippen LogP contribution in [0.15, 0.2) is 60.7 Å². The molecule has 6 heteroatoms. The highest BCUT2D eigenvalue weighted by atomic mass is 19.4. The Labute approximate surface area is 143 Å². The lowest BCUT2D eigenvalue weighted by atomic mass is 10.2. The van der Waals surface area contributed by atoms with E-state index in [1.54, 1.807) is 24.3 Å². The standard InChI is InChI=1S/C19H14F3NO2/c1-2-6-15(19(20,21)22)9-4-3-7-14-8-5-10-16(13-14)23-17(24)11-12-18(23)25/h2,4-6,8-10,13H,1,11-12H2/b9-4+,15-6+. The summed E-state index contributed by atoms with van der Waals surface area (Å²) in [7, 11) is 0. The molecule has 1 aliphatic rings. The number of imide groups is 1. The molecule has 0 N–H and O–H groups in total. The molecule has 0 aromatic heterocycles. The van der Waals surface area contributed by atoms with Gasteiger partial charge in [-0.3, -0.25) is 14.5 Å². The number of rotatable bonds is 3. The molecule has 0 radical (unpaired) electrons. The molecule has 25 heavy (non-hydrogen) atoms. The predicted molar refractivity (Wildman–Crippen MR) is 88.5 cm³/mol. The van der Waals surface area contributed by atoms with Crippen LogP contribution in [0.4, 0.5) is 18.9 Å². The summed E-state index contributed by atoms with van der Waals surface area (Å²) in [5.41, 5.74) is 0.0283. The van der Waals surface area contributed by atoms with Crippen molar-refractivity contribution in [2.75, 3.05) is 4.90 Å². The lowest BCUT2D eigenvalue weighted by Gasteiger charge is -2.13. The minimum atomic E-state index is -4.48.